The topological polar surface area (TPSA) is 75.5 Å². The molecular formula is C8H8ClN3O3S. The van der Waals surface area contributed by atoms with Crippen LogP contribution in [0.3, 0.4) is 0 Å². The van der Waals surface area contributed by atoms with Gasteiger partial charge in [0.1, 0.15) is 0 Å². The van der Waals surface area contributed by atoms with Gasteiger partial charge in [-0.2, -0.15) is 4.53 Å². The molecule has 2 rings (SSSR count). The van der Waals surface area contributed by atoms with Crippen LogP contribution >= 0.6 is 11.8 Å². The average molecular weight is 262 g/mol. The van der Waals surface area contributed by atoms with Crippen LogP contribution in [0.25, 0.3) is 6.20 Å². The number of sulfone groups is 1. The maximum Gasteiger partial charge on any atom is 0.254 e. The lowest BCUT2D eigenvalue weighted by atomic mass is 10.3. The van der Waals surface area contributed by atoms with Gasteiger partial charge in [-0.3, -0.25) is 0 Å². The number of hydrazine groups is 2. The van der Waals surface area contributed by atoms with Crippen LogP contribution in [0.4, 0.5) is 0 Å². The van der Waals surface area contributed by atoms with Gasteiger partial charge in [0.05, 0.1) is 16.3 Å². The van der Waals surface area contributed by atoms with Crippen molar-refractivity contribution in [2.45, 2.75) is 4.90 Å². The van der Waals surface area contributed by atoms with Gasteiger partial charge >= 0.3 is 0 Å². The fraction of sp³-hybridized carbons (Fsp3) is 0.125. The first kappa shape index (κ1) is 11.0. The van der Waals surface area contributed by atoms with Gasteiger partial charge in [-0.1, -0.05) is 10.4 Å². The number of fused-ring (bicyclic) bond motifs is 1. The van der Waals surface area contributed by atoms with E-state index in [1.165, 1.54) is 24.4 Å². The van der Waals surface area contributed by atoms with Crippen molar-refractivity contribution < 1.29 is 8.42 Å². The van der Waals surface area contributed by atoms with Crippen LogP contribution in [0.2, 0.25) is 0 Å². The van der Waals surface area contributed by atoms with Crippen molar-refractivity contribution in [2.24, 2.45) is 0 Å². The molecule has 0 unspecified atom stereocenters. The van der Waals surface area contributed by atoms with Crippen molar-refractivity contribution in [3.63, 3.8) is 0 Å². The second kappa shape index (κ2) is 3.53. The first-order chi connectivity index (χ1) is 7.38. The van der Waals surface area contributed by atoms with E-state index in [1.54, 1.807) is 0 Å². The van der Waals surface area contributed by atoms with Crippen molar-refractivity contribution in [1.82, 2.24) is 14.9 Å². The monoisotopic (exact) mass is 261 g/mol. The molecule has 8 heteroatoms. The first-order valence-electron chi connectivity index (χ1n) is 4.25. The number of benzene rings is 1. The summed E-state index contributed by atoms with van der Waals surface area (Å²) in [6.07, 6.45) is 2.55. The van der Waals surface area contributed by atoms with Gasteiger partial charge in [0.15, 0.2) is 9.84 Å². The Hall–Kier alpha value is -1.47. The van der Waals surface area contributed by atoms with E-state index in [0.29, 0.717) is 10.1 Å². The smallest absolute Gasteiger partial charge is 0.254 e. The Morgan fingerprint density at radius 1 is 1.50 bits per heavy atom. The summed E-state index contributed by atoms with van der Waals surface area (Å²) in [4.78, 5) is 0.488. The van der Waals surface area contributed by atoms with Gasteiger partial charge in [-0.15, -0.1) is 0 Å². The molecule has 6 nitrogen and oxygen atoms in total. The van der Waals surface area contributed by atoms with E-state index >= 15 is 0 Å². The van der Waals surface area contributed by atoms with Crippen LogP contribution < -0.4 is 21.0 Å². The Morgan fingerprint density at radius 3 is 2.81 bits per heavy atom. The minimum atomic E-state index is -3.33. The first-order valence-corrected chi connectivity index (χ1v) is 6.48. The minimum absolute atomic E-state index is 0.0883. The molecule has 1 heterocycles. The summed E-state index contributed by atoms with van der Waals surface area (Å²) in [5.74, 6) is 0. The second-order valence-corrected chi connectivity index (χ2v) is 5.71. The molecule has 0 bridgehead atoms. The van der Waals surface area contributed by atoms with Gasteiger partial charge in [-0.05, 0) is 12.1 Å². The summed E-state index contributed by atoms with van der Waals surface area (Å²) in [7, 11) is -3.33. The molecule has 86 valence electrons. The van der Waals surface area contributed by atoms with E-state index in [2.05, 4.69) is 5.53 Å². The number of rotatable bonds is 1. The molecule has 0 aliphatic carbocycles. The van der Waals surface area contributed by atoms with E-state index in [0.717, 1.165) is 10.8 Å². The Labute approximate surface area is 96.6 Å². The van der Waals surface area contributed by atoms with E-state index in [4.69, 9.17) is 11.8 Å². The zero-order chi connectivity index (χ0) is 11.9. The lowest BCUT2D eigenvalue weighted by Crippen LogP contribution is -2.52. The zero-order valence-corrected chi connectivity index (χ0v) is 9.79. The molecule has 1 aromatic rings. The molecule has 0 saturated carbocycles. The van der Waals surface area contributed by atoms with Crippen LogP contribution in [0.5, 0.6) is 0 Å². The van der Waals surface area contributed by atoms with Crippen LogP contribution in [0, 0.1) is 5.21 Å². The van der Waals surface area contributed by atoms with Gasteiger partial charge in [-0.25, -0.2) is 8.42 Å². The molecule has 1 N–H and O–H groups in total. The third kappa shape index (κ3) is 1.91. The molecule has 1 aliphatic heterocycles. The maximum absolute atomic E-state index is 11.4. The molecule has 16 heavy (non-hydrogen) atoms. The Balaban J connectivity index is 2.79. The van der Waals surface area contributed by atoms with Crippen molar-refractivity contribution in [3.8, 4) is 0 Å². The number of nitrogens with zero attached hydrogens (tertiary/aromatic N) is 2. The summed E-state index contributed by atoms with van der Waals surface area (Å²) >= 11 is 5.58. The lowest BCUT2D eigenvalue weighted by molar-refractivity contribution is 0.357. The molecule has 0 atom stereocenters. The van der Waals surface area contributed by atoms with Crippen LogP contribution in [-0.2, 0) is 9.84 Å². The highest BCUT2D eigenvalue weighted by Gasteiger charge is 2.13. The van der Waals surface area contributed by atoms with Crippen molar-refractivity contribution >= 4 is 27.8 Å². The average Bonchev–Trinajstić information content (AvgIpc) is 2.15. The highest BCUT2D eigenvalue weighted by Crippen LogP contribution is 2.02. The number of halogens is 1. The van der Waals surface area contributed by atoms with E-state index < -0.39 is 9.84 Å². The molecule has 0 spiro atoms. The van der Waals surface area contributed by atoms with Gasteiger partial charge in [0, 0.05) is 24.1 Å². The van der Waals surface area contributed by atoms with Gasteiger partial charge < -0.3 is 5.21 Å². The standard InChI is InChI=1S/C8H8ClN3O3S/c1-16(14,15)7-3-2-6-5-11(9)10-12(13)8(6)4-7/h2-5,10H,1H3. The molecule has 1 aliphatic rings. The highest BCUT2D eigenvalue weighted by atomic mass is 35.5. The normalized spacial score (nSPS) is 15.1. The predicted octanol–water partition coefficient (Wildman–Crippen LogP) is -1.29. The zero-order valence-electron chi connectivity index (χ0n) is 8.21. The number of nitrogens with one attached hydrogen (secondary N) is 1. The fourth-order valence-electron chi connectivity index (χ4n) is 1.33. The van der Waals surface area contributed by atoms with Gasteiger partial charge in [0.2, 0.25) is 0 Å². The Kier molecular flexibility index (Phi) is 2.43. The summed E-state index contributed by atoms with van der Waals surface area (Å²) in [5.41, 5.74) is 2.24. The Morgan fingerprint density at radius 2 is 2.19 bits per heavy atom. The van der Waals surface area contributed by atoms with Crippen LogP contribution in [0.15, 0.2) is 23.1 Å². The molecule has 0 amide bonds. The van der Waals surface area contributed by atoms with Crippen molar-refractivity contribution in [3.05, 3.63) is 34.0 Å². The predicted molar refractivity (Wildman–Crippen MR) is 58.7 cm³/mol. The maximum atomic E-state index is 11.4. The molecule has 0 radical (unpaired) electrons. The third-order valence-corrected chi connectivity index (χ3v) is 3.37. The second-order valence-electron chi connectivity index (χ2n) is 3.33. The van der Waals surface area contributed by atoms with Crippen LogP contribution in [-0.4, -0.2) is 19.2 Å². The van der Waals surface area contributed by atoms with E-state index in [9.17, 15) is 13.6 Å². The fourth-order valence-corrected chi connectivity index (χ4v) is 2.15. The van der Waals surface area contributed by atoms with Crippen molar-refractivity contribution in [2.75, 3.05) is 6.26 Å². The summed E-state index contributed by atoms with van der Waals surface area (Å²) < 4.78 is 23.6. The molecule has 0 aromatic heterocycles. The quantitative estimate of drug-likeness (QED) is 0.387. The Bertz CT molecular complexity index is 656. The number of hydrogen-bond acceptors (Lipinski definition) is 5. The largest absolute Gasteiger partial charge is 0.594 e. The molecule has 1 aromatic carbocycles. The van der Waals surface area contributed by atoms with E-state index in [1.807, 2.05) is 0 Å². The highest BCUT2D eigenvalue weighted by molar-refractivity contribution is 7.90. The summed E-state index contributed by atoms with van der Waals surface area (Å²) in [5, 5.41) is 12.2. The van der Waals surface area contributed by atoms with Crippen molar-refractivity contribution in [1.29, 1.82) is 0 Å². The third-order valence-electron chi connectivity index (χ3n) is 2.09. The van der Waals surface area contributed by atoms with E-state index in [-0.39, 0.29) is 10.3 Å². The molecule has 0 fully saturated rings. The SMILES string of the molecule is CS(=O)(=O)c1ccc2c(c1)=[N+]([O-])NN(Cl)C=2. The minimum Gasteiger partial charge on any atom is -0.594 e. The summed E-state index contributed by atoms with van der Waals surface area (Å²) in [6.45, 7) is 0. The lowest BCUT2D eigenvalue weighted by Gasteiger charge is -2.14. The van der Waals surface area contributed by atoms with Gasteiger partial charge in [0.25, 0.3) is 5.36 Å². The van der Waals surface area contributed by atoms with Crippen LogP contribution in [0.1, 0.15) is 0 Å². The molecule has 0 saturated heterocycles. The molecular weight excluding hydrogens is 254 g/mol. The summed E-state index contributed by atoms with van der Waals surface area (Å²) in [6, 6.07) is 4.24. The number of hydrogen-bond donors (Lipinski definition) is 1.